The fourth-order valence-corrected chi connectivity index (χ4v) is 4.29. The van der Waals surface area contributed by atoms with Gasteiger partial charge in [0, 0.05) is 21.6 Å². The van der Waals surface area contributed by atoms with E-state index in [1.165, 1.54) is 55.3 Å². The Morgan fingerprint density at radius 2 is 1.56 bits per heavy atom. The number of carbonyl (C=O) groups is 2. The first-order valence-electron chi connectivity index (χ1n) is 12.0. The average Bonchev–Trinajstić information content (AvgIpc) is 3.61. The number of nitrogens with zero attached hydrogens (tertiary/aromatic N) is 2. The van der Waals surface area contributed by atoms with Gasteiger partial charge < -0.3 is 29.3 Å². The second-order valence-electron chi connectivity index (χ2n) is 7.85. The molecule has 0 saturated heterocycles. The number of aliphatic carboxylic acids is 1. The van der Waals surface area contributed by atoms with Crippen molar-refractivity contribution in [1.82, 2.24) is 9.97 Å². The summed E-state index contributed by atoms with van der Waals surface area (Å²) in [5.74, 6) is -2.55. The molecule has 226 valence electrons. The molecule has 0 spiro atoms. The third-order valence-corrected chi connectivity index (χ3v) is 5.72. The summed E-state index contributed by atoms with van der Waals surface area (Å²) in [5, 5.41) is 16.5. The largest absolute Gasteiger partial charge is 1.00 e. The number of esters is 1. The fraction of sp³-hybridized carbons (Fsp3) is 0.214. The minimum Gasteiger partial charge on any atom is -0.870 e. The zero-order chi connectivity index (χ0) is 30.4. The summed E-state index contributed by atoms with van der Waals surface area (Å²) in [5.41, 5.74) is 1.33. The number of halogens is 4. The molecular formula is C28H27Br2F2N2NaO8. The Labute approximate surface area is 285 Å². The second kappa shape index (κ2) is 21.1. The zero-order valence-corrected chi connectivity index (χ0v) is 28.5. The van der Waals surface area contributed by atoms with Crippen molar-refractivity contribution in [3.63, 3.8) is 0 Å². The van der Waals surface area contributed by atoms with Gasteiger partial charge >= 0.3 is 41.5 Å². The van der Waals surface area contributed by atoms with Crippen molar-refractivity contribution in [3.8, 4) is 0 Å². The van der Waals surface area contributed by atoms with Gasteiger partial charge in [-0.05, 0) is 61.4 Å². The molecule has 0 aliphatic rings. The second-order valence-corrected chi connectivity index (χ2v) is 9.68. The molecule has 0 bridgehead atoms. The van der Waals surface area contributed by atoms with Crippen LogP contribution in [0.2, 0.25) is 0 Å². The summed E-state index contributed by atoms with van der Waals surface area (Å²) in [6.45, 7) is 3.89. The fourth-order valence-electron chi connectivity index (χ4n) is 3.34. The van der Waals surface area contributed by atoms with Gasteiger partial charge in [0.15, 0.2) is 0 Å². The van der Waals surface area contributed by atoms with Crippen molar-refractivity contribution in [2.24, 2.45) is 0 Å². The molecule has 15 heteroatoms. The van der Waals surface area contributed by atoms with E-state index in [0.29, 0.717) is 25.6 Å². The molecule has 0 fully saturated rings. The number of benzene rings is 2. The maximum Gasteiger partial charge on any atom is 1.00 e. The number of hydrogen-bond donors (Lipinski definition) is 2. The summed E-state index contributed by atoms with van der Waals surface area (Å²) in [6, 6.07) is 8.51. The van der Waals surface area contributed by atoms with Crippen LogP contribution in [0.25, 0.3) is 5.57 Å². The third-order valence-electron chi connectivity index (χ3n) is 4.80. The van der Waals surface area contributed by atoms with E-state index < -0.39 is 29.5 Å². The molecule has 0 aliphatic heterocycles. The summed E-state index contributed by atoms with van der Waals surface area (Å²) in [6.07, 6.45) is 6.63. The number of hydrogen-bond acceptors (Lipinski definition) is 9. The first kappa shape index (κ1) is 40.3. The zero-order valence-electron chi connectivity index (χ0n) is 23.3. The Morgan fingerprint density at radius 1 is 0.977 bits per heavy atom. The van der Waals surface area contributed by atoms with E-state index in [0.717, 1.165) is 0 Å². The Bertz CT molecular complexity index is 1400. The molecule has 43 heavy (non-hydrogen) atoms. The summed E-state index contributed by atoms with van der Waals surface area (Å²) >= 11 is 6.38. The number of aliphatic hydroxyl groups excluding tert-OH is 1. The molecule has 2 heterocycles. The van der Waals surface area contributed by atoms with Crippen LogP contribution in [-0.2, 0) is 14.3 Å². The van der Waals surface area contributed by atoms with Crippen molar-refractivity contribution >= 4 is 49.4 Å². The molecule has 0 aliphatic carbocycles. The van der Waals surface area contributed by atoms with Gasteiger partial charge in [0.2, 0.25) is 11.8 Å². The molecular weight excluding hydrogens is 713 g/mol. The predicted octanol–water partition coefficient (Wildman–Crippen LogP) is 3.58. The number of carbonyl (C=O) groups excluding carboxylic acids is 1. The SMILES string of the molecule is CCO.CCOC(=O)/C=C(/c1cc(F)cc(Br)c1)c1ncco1.O=C(O)CC(c1cc(F)cc(Br)c1)c1ncco1.[Na+].[OH-]. The van der Waals surface area contributed by atoms with Crippen molar-refractivity contribution < 1.29 is 77.2 Å². The van der Waals surface area contributed by atoms with Crippen LogP contribution in [0.1, 0.15) is 49.1 Å². The Kier molecular flexibility index (Phi) is 19.7. The van der Waals surface area contributed by atoms with Crippen LogP contribution in [-0.4, -0.2) is 50.8 Å². The van der Waals surface area contributed by atoms with E-state index in [1.807, 2.05) is 0 Å². The summed E-state index contributed by atoms with van der Waals surface area (Å²) < 4.78 is 43.1. The van der Waals surface area contributed by atoms with Crippen LogP contribution >= 0.6 is 31.9 Å². The van der Waals surface area contributed by atoms with Gasteiger partial charge in [-0.3, -0.25) is 4.79 Å². The van der Waals surface area contributed by atoms with E-state index in [9.17, 15) is 18.4 Å². The van der Waals surface area contributed by atoms with Gasteiger partial charge in [0.05, 0.1) is 36.9 Å². The van der Waals surface area contributed by atoms with Crippen molar-refractivity contribution in [1.29, 1.82) is 0 Å². The molecule has 1 atom stereocenters. The molecule has 0 amide bonds. The molecule has 0 saturated carbocycles. The van der Waals surface area contributed by atoms with Crippen molar-refractivity contribution in [2.45, 2.75) is 26.2 Å². The van der Waals surface area contributed by atoms with Gasteiger partial charge in [-0.25, -0.2) is 23.5 Å². The van der Waals surface area contributed by atoms with E-state index in [2.05, 4.69) is 41.8 Å². The predicted molar refractivity (Wildman–Crippen MR) is 154 cm³/mol. The Balaban J connectivity index is 0.000000724. The number of carboxylic acid groups (broad SMARTS) is 1. The van der Waals surface area contributed by atoms with E-state index in [-0.39, 0.29) is 66.4 Å². The number of aromatic nitrogens is 2. The molecule has 1 unspecified atom stereocenters. The molecule has 4 rings (SSSR count). The van der Waals surface area contributed by atoms with Gasteiger partial charge in [-0.1, -0.05) is 31.9 Å². The van der Waals surface area contributed by atoms with Crippen LogP contribution in [0.4, 0.5) is 8.78 Å². The monoisotopic (exact) mass is 738 g/mol. The normalized spacial score (nSPS) is 10.9. The summed E-state index contributed by atoms with van der Waals surface area (Å²) in [4.78, 5) is 30.4. The quantitative estimate of drug-likeness (QED) is 0.155. The van der Waals surface area contributed by atoms with Crippen LogP contribution in [0.3, 0.4) is 0 Å². The van der Waals surface area contributed by atoms with Crippen LogP contribution in [0, 0.1) is 11.6 Å². The minimum atomic E-state index is -1.00. The molecule has 4 aromatic rings. The van der Waals surface area contributed by atoms with Crippen LogP contribution in [0.15, 0.2) is 85.2 Å². The topological polar surface area (TPSA) is 166 Å². The maximum atomic E-state index is 13.5. The van der Waals surface area contributed by atoms with E-state index in [4.69, 9.17) is 23.8 Å². The maximum absolute atomic E-state index is 13.5. The number of carboxylic acids is 1. The van der Waals surface area contributed by atoms with Crippen LogP contribution in [0.5, 0.6) is 0 Å². The first-order chi connectivity index (χ1) is 19.6. The molecule has 2 aromatic heterocycles. The molecule has 0 radical (unpaired) electrons. The van der Waals surface area contributed by atoms with Crippen LogP contribution < -0.4 is 29.6 Å². The van der Waals surface area contributed by atoms with Gasteiger partial charge in [0.25, 0.3) is 0 Å². The first-order valence-corrected chi connectivity index (χ1v) is 13.6. The van der Waals surface area contributed by atoms with E-state index in [1.54, 1.807) is 26.0 Å². The molecule has 3 N–H and O–H groups in total. The molecule has 10 nitrogen and oxygen atoms in total. The van der Waals surface area contributed by atoms with Gasteiger partial charge in [-0.15, -0.1) is 0 Å². The summed E-state index contributed by atoms with van der Waals surface area (Å²) in [7, 11) is 0. The standard InChI is InChI=1S/C14H11BrFNO3.C12H9BrFNO3.C2H6O.Na.H2O/c1-2-19-13(18)8-12(14-17-3-4-20-14)9-5-10(15)7-11(16)6-9;13-8-3-7(4-9(14)5-8)10(6-11(16)17)12-15-1-2-18-12;1-2-3;;/h3-8H,2H2,1H3;1-5,10H,6H2,(H,16,17);3H,2H2,1H3;;1H2/q;;;+1;/p-1/b12-8-;;;;. The van der Waals surface area contributed by atoms with Gasteiger partial charge in [-0.2, -0.15) is 0 Å². The van der Waals surface area contributed by atoms with Crippen molar-refractivity contribution in [2.75, 3.05) is 13.2 Å². The average molecular weight is 740 g/mol. The number of ether oxygens (including phenoxy) is 1. The molecule has 2 aromatic carbocycles. The number of aliphatic hydroxyl groups is 1. The van der Waals surface area contributed by atoms with Gasteiger partial charge in [0.1, 0.15) is 24.2 Å². The number of oxazole rings is 2. The Morgan fingerprint density at radius 3 is 2.05 bits per heavy atom. The Hall–Kier alpha value is -2.72. The van der Waals surface area contributed by atoms with Crippen molar-refractivity contribution in [3.05, 3.63) is 111 Å². The van der Waals surface area contributed by atoms with E-state index >= 15 is 0 Å². The number of rotatable bonds is 8. The third kappa shape index (κ3) is 14.1. The minimum absolute atomic E-state index is 0. The smallest absolute Gasteiger partial charge is 0.870 e.